The van der Waals surface area contributed by atoms with E-state index in [0.29, 0.717) is 31.0 Å². The minimum Gasteiger partial charge on any atom is -0.492 e. The lowest BCUT2D eigenvalue weighted by Gasteiger charge is -2.58. The van der Waals surface area contributed by atoms with Crippen LogP contribution in [-0.2, 0) is 9.57 Å². The highest BCUT2D eigenvalue weighted by atomic mass is 32.2. The molecule has 0 spiro atoms. The van der Waals surface area contributed by atoms with Crippen molar-refractivity contribution in [3.63, 3.8) is 0 Å². The van der Waals surface area contributed by atoms with Crippen LogP contribution in [0.25, 0.3) is 0 Å². The molecule has 2 saturated carbocycles. The molecule has 0 radical (unpaired) electrons. The summed E-state index contributed by atoms with van der Waals surface area (Å²) in [5, 5.41) is 24.9. The number of oxime groups is 1. The van der Waals surface area contributed by atoms with Gasteiger partial charge in [-0.25, -0.2) is 0 Å². The zero-order valence-corrected chi connectivity index (χ0v) is 29.1. The summed E-state index contributed by atoms with van der Waals surface area (Å²) in [6.07, 6.45) is 15.5. The molecular formula is C38H56N2O6S. The van der Waals surface area contributed by atoms with Gasteiger partial charge in [-0.05, 0) is 81.1 Å². The standard InChI is InChI=1S/C38H56N2O6S/c1-3-22-44-38-35(47-29-12-5-6-13-29)26-33(39-45-4-2)31-24-27(11-7-9-20-41)30(14-8-10-21-42)36(37(31)38)32-25-28(15-16-34(32)46-38)43-23-19-40-17-18-40/h3,15-16,24-25,27,29-30,35-37,41-42H,1,4-14,17-23,26H2,2H3. The van der Waals surface area contributed by atoms with Gasteiger partial charge in [-0.1, -0.05) is 43.0 Å². The molecule has 1 aromatic carbocycles. The second-order valence-electron chi connectivity index (χ2n) is 13.9. The Hall–Kier alpha value is -2.04. The first-order valence-corrected chi connectivity index (χ1v) is 19.3. The number of aliphatic hydroxyl groups is 2. The predicted octanol–water partition coefficient (Wildman–Crippen LogP) is 6.71. The van der Waals surface area contributed by atoms with Crippen LogP contribution in [0.1, 0.15) is 89.0 Å². The largest absolute Gasteiger partial charge is 0.492 e. The van der Waals surface area contributed by atoms with Crippen molar-refractivity contribution in [3.05, 3.63) is 48.1 Å². The van der Waals surface area contributed by atoms with Gasteiger partial charge in [0.2, 0.25) is 5.79 Å². The zero-order chi connectivity index (χ0) is 32.6. The molecule has 260 valence electrons. The van der Waals surface area contributed by atoms with Gasteiger partial charge in [0.1, 0.15) is 24.7 Å². The van der Waals surface area contributed by atoms with Crippen molar-refractivity contribution < 1.29 is 29.3 Å². The normalized spacial score (nSPS) is 30.7. The van der Waals surface area contributed by atoms with Gasteiger partial charge < -0.3 is 29.3 Å². The lowest BCUT2D eigenvalue weighted by molar-refractivity contribution is -0.223. The third-order valence-corrected chi connectivity index (χ3v) is 12.5. The summed E-state index contributed by atoms with van der Waals surface area (Å²) in [6.45, 7) is 11.3. The summed E-state index contributed by atoms with van der Waals surface area (Å²) in [5.41, 5.74) is 3.40. The quantitative estimate of drug-likeness (QED) is 0.0728. The van der Waals surface area contributed by atoms with Crippen molar-refractivity contribution in [1.82, 2.24) is 4.90 Å². The van der Waals surface area contributed by atoms with Crippen LogP contribution in [0.4, 0.5) is 0 Å². The predicted molar refractivity (Wildman–Crippen MR) is 188 cm³/mol. The molecule has 1 saturated heterocycles. The Kier molecular flexibility index (Phi) is 12.3. The highest BCUT2D eigenvalue weighted by Crippen LogP contribution is 2.63. The number of benzene rings is 1. The number of rotatable bonds is 19. The van der Waals surface area contributed by atoms with Gasteiger partial charge >= 0.3 is 0 Å². The van der Waals surface area contributed by atoms with E-state index >= 15 is 0 Å². The second-order valence-corrected chi connectivity index (χ2v) is 15.4. The maximum Gasteiger partial charge on any atom is 0.230 e. The number of nitrogens with zero attached hydrogens (tertiary/aromatic N) is 2. The highest BCUT2D eigenvalue weighted by molar-refractivity contribution is 8.00. The van der Waals surface area contributed by atoms with Gasteiger partial charge in [0, 0.05) is 56.0 Å². The van der Waals surface area contributed by atoms with Gasteiger partial charge in [0.15, 0.2) is 0 Å². The van der Waals surface area contributed by atoms with E-state index < -0.39 is 5.79 Å². The molecule has 47 heavy (non-hydrogen) atoms. The molecule has 6 unspecified atom stereocenters. The van der Waals surface area contributed by atoms with Gasteiger partial charge in [0.05, 0.1) is 23.5 Å². The molecule has 2 heterocycles. The number of unbranched alkanes of at least 4 members (excludes halogenated alkanes) is 2. The fourth-order valence-electron chi connectivity index (χ4n) is 8.52. The Balaban J connectivity index is 1.48. The third-order valence-electron chi connectivity index (χ3n) is 10.8. The van der Waals surface area contributed by atoms with Crippen LogP contribution in [0.3, 0.4) is 0 Å². The maximum atomic E-state index is 9.80. The van der Waals surface area contributed by atoms with E-state index in [9.17, 15) is 10.2 Å². The first-order valence-electron chi connectivity index (χ1n) is 18.3. The van der Waals surface area contributed by atoms with E-state index in [4.69, 9.17) is 24.2 Å². The van der Waals surface area contributed by atoms with Crippen LogP contribution in [0.15, 0.2) is 47.7 Å². The van der Waals surface area contributed by atoms with E-state index in [1.807, 2.05) is 24.8 Å². The number of ether oxygens (including phenoxy) is 3. The Bertz CT molecular complexity index is 1250. The van der Waals surface area contributed by atoms with Crippen molar-refractivity contribution >= 4 is 17.5 Å². The van der Waals surface area contributed by atoms with E-state index in [0.717, 1.165) is 81.8 Å². The van der Waals surface area contributed by atoms with Crippen LogP contribution in [0.2, 0.25) is 0 Å². The monoisotopic (exact) mass is 668 g/mol. The van der Waals surface area contributed by atoms with E-state index in [2.05, 4.69) is 35.8 Å². The van der Waals surface area contributed by atoms with Gasteiger partial charge in [-0.15, -0.1) is 18.3 Å². The van der Waals surface area contributed by atoms with E-state index in [-0.39, 0.29) is 36.2 Å². The molecule has 1 aromatic rings. The summed E-state index contributed by atoms with van der Waals surface area (Å²) in [7, 11) is 0. The minimum atomic E-state index is -0.886. The van der Waals surface area contributed by atoms with Crippen molar-refractivity contribution in [1.29, 1.82) is 0 Å². The number of hydrogen-bond donors (Lipinski definition) is 2. The Morgan fingerprint density at radius 1 is 1.11 bits per heavy atom. The zero-order valence-electron chi connectivity index (χ0n) is 28.3. The number of thioether (sulfide) groups is 1. The summed E-state index contributed by atoms with van der Waals surface area (Å²) in [4.78, 5) is 8.21. The molecule has 3 fully saturated rings. The van der Waals surface area contributed by atoms with Crippen molar-refractivity contribution in [2.24, 2.45) is 22.9 Å². The number of hydrogen-bond acceptors (Lipinski definition) is 9. The van der Waals surface area contributed by atoms with Gasteiger partial charge in [0.25, 0.3) is 0 Å². The fourth-order valence-corrected chi connectivity index (χ4v) is 10.3. The summed E-state index contributed by atoms with van der Waals surface area (Å²) in [5.74, 6) is 1.50. The molecule has 0 bridgehead atoms. The van der Waals surface area contributed by atoms with Gasteiger partial charge in [-0.2, -0.15) is 0 Å². The summed E-state index contributed by atoms with van der Waals surface area (Å²) < 4.78 is 20.7. The number of allylic oxidation sites excluding steroid dienone is 1. The van der Waals surface area contributed by atoms with Crippen LogP contribution in [0.5, 0.6) is 11.5 Å². The highest BCUT2D eigenvalue weighted by Gasteiger charge is 2.64. The van der Waals surface area contributed by atoms with Crippen LogP contribution in [-0.4, -0.2) is 89.8 Å². The first kappa shape index (κ1) is 34.8. The van der Waals surface area contributed by atoms with E-state index in [1.54, 1.807) is 0 Å². The Morgan fingerprint density at radius 2 is 1.89 bits per heavy atom. The smallest absolute Gasteiger partial charge is 0.230 e. The van der Waals surface area contributed by atoms with Crippen molar-refractivity contribution in [2.45, 2.75) is 99.8 Å². The summed E-state index contributed by atoms with van der Waals surface area (Å²) >= 11 is 2.04. The van der Waals surface area contributed by atoms with Crippen molar-refractivity contribution in [2.75, 3.05) is 52.7 Å². The lowest BCUT2D eigenvalue weighted by atomic mass is 9.56. The molecule has 0 amide bonds. The molecule has 2 N–H and O–H groups in total. The molecule has 0 aromatic heterocycles. The average Bonchev–Trinajstić information content (AvgIpc) is 3.77. The third kappa shape index (κ3) is 7.90. The van der Waals surface area contributed by atoms with Crippen LogP contribution < -0.4 is 9.47 Å². The number of aliphatic hydroxyl groups excluding tert-OH is 2. The maximum absolute atomic E-state index is 9.80. The Morgan fingerprint density at radius 3 is 2.62 bits per heavy atom. The minimum absolute atomic E-state index is 0.0371. The molecule has 9 heteroatoms. The molecule has 5 aliphatic rings. The lowest BCUT2D eigenvalue weighted by Crippen LogP contribution is -2.64. The molecule has 3 aliphatic carbocycles. The fraction of sp³-hybridized carbons (Fsp3) is 0.711. The van der Waals surface area contributed by atoms with Crippen LogP contribution in [0, 0.1) is 17.8 Å². The molecule has 6 atom stereocenters. The van der Waals surface area contributed by atoms with E-state index in [1.165, 1.54) is 36.8 Å². The molecular weight excluding hydrogens is 612 g/mol. The first-order chi connectivity index (χ1) is 23.1. The molecule has 2 aliphatic heterocycles. The van der Waals surface area contributed by atoms with Crippen molar-refractivity contribution in [3.8, 4) is 11.5 Å². The topological polar surface area (TPSA) is 92.8 Å². The molecule has 8 nitrogen and oxygen atoms in total. The van der Waals surface area contributed by atoms with Gasteiger partial charge in [-0.3, -0.25) is 4.90 Å². The average molecular weight is 669 g/mol. The Labute approximate surface area is 285 Å². The summed E-state index contributed by atoms with van der Waals surface area (Å²) in [6, 6.07) is 6.41. The molecule has 6 rings (SSSR count). The second kappa shape index (κ2) is 16.6. The number of fused-ring (bicyclic) bond motifs is 2. The van der Waals surface area contributed by atoms with Crippen LogP contribution >= 0.6 is 11.8 Å². The SMILES string of the molecule is C=CCOC12Oc3ccc(OCCN4CC4)cc3C3C(CCCCO)C(CCCCO)C=C(C(=NOCC)CC1SC1CCCC1)C32.